The van der Waals surface area contributed by atoms with Gasteiger partial charge in [-0.2, -0.15) is 0 Å². The summed E-state index contributed by atoms with van der Waals surface area (Å²) in [7, 11) is 0. The third-order valence-electron chi connectivity index (χ3n) is 6.25. The van der Waals surface area contributed by atoms with Crippen LogP contribution < -0.4 is 0 Å². The average Bonchev–Trinajstić information content (AvgIpc) is 2.79. The lowest BCUT2D eigenvalue weighted by Gasteiger charge is -2.28. The summed E-state index contributed by atoms with van der Waals surface area (Å²) in [5.74, 6) is 0.0371. The van der Waals surface area contributed by atoms with Crippen LogP contribution in [0, 0.1) is 11.7 Å². The molecule has 0 unspecified atom stereocenters. The van der Waals surface area contributed by atoms with Gasteiger partial charge in [0.15, 0.2) is 5.82 Å². The molecule has 168 valence electrons. The van der Waals surface area contributed by atoms with Gasteiger partial charge in [-0.05, 0) is 62.1 Å². The maximum absolute atomic E-state index is 14.7. The molecule has 31 heavy (non-hydrogen) atoms. The number of benzene rings is 1. The largest absolute Gasteiger partial charge is 0.459 e. The quantitative estimate of drug-likeness (QED) is 0.306. The molecule has 0 bridgehead atoms. The van der Waals surface area contributed by atoms with Crippen LogP contribution in [0.4, 0.5) is 4.39 Å². The molecule has 4 nitrogen and oxygen atoms in total. The van der Waals surface area contributed by atoms with Gasteiger partial charge in [0, 0.05) is 18.0 Å². The highest BCUT2D eigenvalue weighted by Crippen LogP contribution is 2.30. The van der Waals surface area contributed by atoms with Crippen molar-refractivity contribution in [2.45, 2.75) is 90.6 Å². The summed E-state index contributed by atoms with van der Waals surface area (Å²) in [5, 5.41) is 0. The lowest BCUT2D eigenvalue weighted by Crippen LogP contribution is -2.25. The smallest absolute Gasteiger partial charge is 0.341 e. The molecule has 0 radical (unpaired) electrons. The second-order valence-electron chi connectivity index (χ2n) is 8.76. The van der Waals surface area contributed by atoms with E-state index in [4.69, 9.17) is 4.74 Å². The first kappa shape index (κ1) is 23.4. The summed E-state index contributed by atoms with van der Waals surface area (Å²) in [5.41, 5.74) is 1.61. The minimum atomic E-state index is -0.589. The summed E-state index contributed by atoms with van der Waals surface area (Å²) in [6.07, 6.45) is 15.6. The van der Waals surface area contributed by atoms with Crippen LogP contribution in [0.3, 0.4) is 0 Å². The van der Waals surface area contributed by atoms with Crippen molar-refractivity contribution >= 4 is 5.97 Å². The van der Waals surface area contributed by atoms with E-state index in [2.05, 4.69) is 23.8 Å². The van der Waals surface area contributed by atoms with Crippen molar-refractivity contribution in [3.63, 3.8) is 0 Å². The molecular formula is C26H35FN2O2. The monoisotopic (exact) mass is 426 g/mol. The molecule has 1 heterocycles. The van der Waals surface area contributed by atoms with Gasteiger partial charge in [0.25, 0.3) is 0 Å². The van der Waals surface area contributed by atoms with E-state index in [0.29, 0.717) is 11.4 Å². The van der Waals surface area contributed by atoms with Gasteiger partial charge in [-0.25, -0.2) is 19.2 Å². The number of aryl methyl sites for hydroxylation is 1. The Morgan fingerprint density at radius 2 is 1.74 bits per heavy atom. The first-order valence-electron chi connectivity index (χ1n) is 11.9. The fourth-order valence-electron chi connectivity index (χ4n) is 4.27. The lowest BCUT2D eigenvalue weighted by atomic mass is 9.84. The van der Waals surface area contributed by atoms with Crippen LogP contribution >= 0.6 is 0 Å². The topological polar surface area (TPSA) is 52.1 Å². The van der Waals surface area contributed by atoms with E-state index < -0.39 is 11.8 Å². The average molecular weight is 427 g/mol. The van der Waals surface area contributed by atoms with Crippen molar-refractivity contribution in [3.05, 3.63) is 47.5 Å². The Balaban J connectivity index is 1.54. The van der Waals surface area contributed by atoms with Crippen molar-refractivity contribution in [1.29, 1.82) is 0 Å². The minimum Gasteiger partial charge on any atom is -0.459 e. The molecule has 0 aliphatic heterocycles. The highest BCUT2D eigenvalue weighted by atomic mass is 19.1. The van der Waals surface area contributed by atoms with Crippen molar-refractivity contribution < 1.29 is 13.9 Å². The number of halogens is 1. The Morgan fingerprint density at radius 1 is 1.03 bits per heavy atom. The Morgan fingerprint density at radius 3 is 2.39 bits per heavy atom. The number of esters is 1. The molecule has 1 aliphatic rings. The third kappa shape index (κ3) is 6.84. The number of rotatable bonds is 10. The van der Waals surface area contributed by atoms with E-state index in [1.165, 1.54) is 37.8 Å². The molecule has 0 N–H and O–H groups in total. The highest BCUT2D eigenvalue weighted by molar-refractivity contribution is 5.90. The predicted octanol–water partition coefficient (Wildman–Crippen LogP) is 6.92. The van der Waals surface area contributed by atoms with Gasteiger partial charge < -0.3 is 4.74 Å². The zero-order valence-electron chi connectivity index (χ0n) is 18.9. The summed E-state index contributed by atoms with van der Waals surface area (Å²) in [4.78, 5) is 21.2. The molecule has 0 spiro atoms. The Kier molecular flexibility index (Phi) is 8.98. The number of ether oxygens (including phenoxy) is 1. The zero-order valence-corrected chi connectivity index (χ0v) is 18.9. The fraction of sp³-hybridized carbons (Fsp3) is 0.577. The van der Waals surface area contributed by atoms with Crippen LogP contribution in [0.1, 0.15) is 94.0 Å². The van der Waals surface area contributed by atoms with Gasteiger partial charge in [-0.1, -0.05) is 52.0 Å². The molecule has 2 aromatic rings. The van der Waals surface area contributed by atoms with E-state index in [9.17, 15) is 9.18 Å². The molecule has 5 heteroatoms. The Labute approximate surface area is 185 Å². The van der Waals surface area contributed by atoms with Crippen molar-refractivity contribution in [1.82, 2.24) is 9.97 Å². The van der Waals surface area contributed by atoms with Crippen molar-refractivity contribution in [3.8, 4) is 11.4 Å². The van der Waals surface area contributed by atoms with E-state index in [0.717, 1.165) is 56.4 Å². The lowest BCUT2D eigenvalue weighted by molar-refractivity contribution is 0.0156. The minimum absolute atomic E-state index is 0.0200. The maximum atomic E-state index is 14.7. The maximum Gasteiger partial charge on any atom is 0.341 e. The molecule has 1 aromatic carbocycles. The molecule has 0 atom stereocenters. The Bertz CT molecular complexity index is 830. The summed E-state index contributed by atoms with van der Waals surface area (Å²) in [6.45, 7) is 4.36. The molecule has 3 rings (SSSR count). The Hall–Kier alpha value is -2.30. The zero-order chi connectivity index (χ0) is 22.1. The predicted molar refractivity (Wildman–Crippen MR) is 121 cm³/mol. The van der Waals surface area contributed by atoms with Crippen molar-refractivity contribution in [2.75, 3.05) is 0 Å². The van der Waals surface area contributed by atoms with Gasteiger partial charge in [-0.15, -0.1) is 0 Å². The van der Waals surface area contributed by atoms with E-state index >= 15 is 0 Å². The molecule has 1 fully saturated rings. The second kappa shape index (κ2) is 11.9. The standard InChI is InChI=1S/C26H35FN2O2/c1-3-5-7-9-19-10-13-22(14-11-19)31-26(30)23-15-12-21(16-24(23)27)25-28-17-20(18-29-25)8-6-4-2/h12,15-19,22H,3-11,13-14H2,1-2H3/t19-,22-. The molecule has 0 saturated heterocycles. The van der Waals surface area contributed by atoms with Crippen LogP contribution in [-0.2, 0) is 11.2 Å². The van der Waals surface area contributed by atoms with Gasteiger partial charge in [0.05, 0.1) is 5.56 Å². The number of carbonyl (C=O) groups excluding carboxylic acids is 1. The van der Waals surface area contributed by atoms with Crippen LogP contribution in [0.2, 0.25) is 0 Å². The fourth-order valence-corrected chi connectivity index (χ4v) is 4.27. The number of aromatic nitrogens is 2. The van der Waals surface area contributed by atoms with Gasteiger partial charge in [0.1, 0.15) is 11.9 Å². The van der Waals surface area contributed by atoms with E-state index in [-0.39, 0.29) is 11.7 Å². The molecule has 1 aromatic heterocycles. The van der Waals surface area contributed by atoms with Crippen LogP contribution in [0.15, 0.2) is 30.6 Å². The van der Waals surface area contributed by atoms with Crippen LogP contribution in [0.5, 0.6) is 0 Å². The van der Waals surface area contributed by atoms with E-state index in [1.807, 2.05) is 0 Å². The number of carbonyl (C=O) groups is 1. The van der Waals surface area contributed by atoms with Gasteiger partial charge in [0.2, 0.25) is 0 Å². The molecular weight excluding hydrogens is 391 g/mol. The highest BCUT2D eigenvalue weighted by Gasteiger charge is 2.25. The second-order valence-corrected chi connectivity index (χ2v) is 8.76. The first-order valence-corrected chi connectivity index (χ1v) is 11.9. The summed E-state index contributed by atoms with van der Waals surface area (Å²) >= 11 is 0. The summed E-state index contributed by atoms with van der Waals surface area (Å²) < 4.78 is 20.3. The number of unbranched alkanes of at least 4 members (excludes halogenated alkanes) is 3. The number of hydrogen-bond donors (Lipinski definition) is 0. The normalized spacial score (nSPS) is 18.7. The third-order valence-corrected chi connectivity index (χ3v) is 6.25. The number of hydrogen-bond acceptors (Lipinski definition) is 4. The van der Waals surface area contributed by atoms with Crippen LogP contribution in [0.25, 0.3) is 11.4 Å². The van der Waals surface area contributed by atoms with Gasteiger partial charge >= 0.3 is 5.97 Å². The number of nitrogens with zero attached hydrogens (tertiary/aromatic N) is 2. The first-order chi connectivity index (χ1) is 15.1. The molecule has 0 amide bonds. The van der Waals surface area contributed by atoms with Crippen molar-refractivity contribution in [2.24, 2.45) is 5.92 Å². The molecule has 1 saturated carbocycles. The van der Waals surface area contributed by atoms with Crippen LogP contribution in [-0.4, -0.2) is 22.0 Å². The van der Waals surface area contributed by atoms with Gasteiger partial charge in [-0.3, -0.25) is 0 Å². The van der Waals surface area contributed by atoms with E-state index in [1.54, 1.807) is 18.5 Å². The summed E-state index contributed by atoms with van der Waals surface area (Å²) in [6, 6.07) is 4.49. The molecule has 1 aliphatic carbocycles. The SMILES string of the molecule is CCCCC[C@H]1CC[C@H](OC(=O)c2ccc(-c3ncc(CCCC)cn3)cc2F)CC1.